The Bertz CT molecular complexity index is 549. The van der Waals surface area contributed by atoms with Gasteiger partial charge in [-0.25, -0.2) is 0 Å². The van der Waals surface area contributed by atoms with Crippen LogP contribution in [0.1, 0.15) is 73.1 Å². The maximum atomic E-state index is 11.7. The summed E-state index contributed by atoms with van der Waals surface area (Å²) in [6.45, 7) is 14.9. The van der Waals surface area contributed by atoms with Crippen LogP contribution in [0.5, 0.6) is 0 Å². The van der Waals surface area contributed by atoms with E-state index in [0.717, 1.165) is 25.7 Å². The molecule has 0 spiro atoms. The van der Waals surface area contributed by atoms with Crippen LogP contribution in [0.25, 0.3) is 0 Å². The molecular weight excluding hydrogens is 312 g/mol. The topological polar surface area (TPSA) is 46.5 Å². The van der Waals surface area contributed by atoms with Gasteiger partial charge in [0.05, 0.1) is 5.60 Å². The number of allylic oxidation sites excluding steroid dienone is 1. The summed E-state index contributed by atoms with van der Waals surface area (Å²) in [5.74, 6) is 2.28. The highest BCUT2D eigenvalue weighted by molar-refractivity contribution is 5.66. The van der Waals surface area contributed by atoms with Gasteiger partial charge in [-0.1, -0.05) is 32.9 Å². The molecule has 142 valence electrons. The lowest BCUT2D eigenvalue weighted by Crippen LogP contribution is -2.63. The highest BCUT2D eigenvalue weighted by Crippen LogP contribution is 2.63. The molecule has 3 aliphatic carbocycles. The predicted octanol–water partition coefficient (Wildman–Crippen LogP) is 4.73. The Morgan fingerprint density at radius 1 is 1.24 bits per heavy atom. The molecule has 0 aromatic heterocycles. The second-order valence-electron chi connectivity index (χ2n) is 9.81. The summed E-state index contributed by atoms with van der Waals surface area (Å²) in [5, 5.41) is 11.4. The lowest BCUT2D eigenvalue weighted by atomic mass is 9.44. The quantitative estimate of drug-likeness (QED) is 0.579. The standard InChI is InChI=1S/C22H36O3/c1-13(2)16-8-7-14(3)19-17(16)9-11-21(5)18(25-15(4)23)10-12-22(6,24)20(19)21/h13,16-20,24H,3,7-12H2,1-2,4-6H3/t16-,17+,18-,19-,20+,21+,22+/m1/s1. The molecule has 3 fully saturated rings. The first-order valence-corrected chi connectivity index (χ1v) is 10.1. The minimum Gasteiger partial charge on any atom is -0.462 e. The van der Waals surface area contributed by atoms with Gasteiger partial charge in [0, 0.05) is 18.3 Å². The second-order valence-corrected chi connectivity index (χ2v) is 9.81. The molecule has 3 rings (SSSR count). The highest BCUT2D eigenvalue weighted by atomic mass is 16.5. The summed E-state index contributed by atoms with van der Waals surface area (Å²) in [7, 11) is 0. The van der Waals surface area contributed by atoms with Crippen LogP contribution in [-0.2, 0) is 9.53 Å². The SMILES string of the molecule is C=C1CC[C@H](C(C)C)[C@@H]2CC[C@@]3(C)[C@H](OC(C)=O)CC[C@](C)(O)[C@H]3[C@H]12. The largest absolute Gasteiger partial charge is 0.462 e. The molecular formula is C22H36O3. The molecule has 0 radical (unpaired) electrons. The molecule has 1 N–H and O–H groups in total. The van der Waals surface area contributed by atoms with Crippen molar-refractivity contribution < 1.29 is 14.6 Å². The first-order valence-electron chi connectivity index (χ1n) is 10.1. The number of carbonyl (C=O) groups excluding carboxylic acids is 1. The molecule has 0 heterocycles. The highest BCUT2D eigenvalue weighted by Gasteiger charge is 2.62. The van der Waals surface area contributed by atoms with Crippen molar-refractivity contribution in [3.63, 3.8) is 0 Å². The lowest BCUT2D eigenvalue weighted by Gasteiger charge is -2.62. The lowest BCUT2D eigenvalue weighted by molar-refractivity contribution is -0.213. The number of ether oxygens (including phenoxy) is 1. The van der Waals surface area contributed by atoms with E-state index in [1.165, 1.54) is 18.9 Å². The average Bonchev–Trinajstić information content (AvgIpc) is 2.50. The molecule has 3 nitrogen and oxygen atoms in total. The van der Waals surface area contributed by atoms with Crippen LogP contribution in [0.3, 0.4) is 0 Å². The second kappa shape index (κ2) is 6.40. The number of hydrogen-bond acceptors (Lipinski definition) is 3. The Morgan fingerprint density at radius 2 is 1.92 bits per heavy atom. The number of esters is 1. The number of aliphatic hydroxyl groups is 1. The fourth-order valence-electron chi connectivity index (χ4n) is 6.81. The number of hydrogen-bond donors (Lipinski definition) is 1. The van der Waals surface area contributed by atoms with E-state index in [4.69, 9.17) is 4.74 Å². The number of carbonyl (C=O) groups is 1. The Hall–Kier alpha value is -0.830. The van der Waals surface area contributed by atoms with Crippen molar-refractivity contribution in [2.45, 2.75) is 84.8 Å². The number of rotatable bonds is 2. The van der Waals surface area contributed by atoms with Crippen LogP contribution in [0.2, 0.25) is 0 Å². The van der Waals surface area contributed by atoms with Crippen molar-refractivity contribution in [1.29, 1.82) is 0 Å². The summed E-state index contributed by atoms with van der Waals surface area (Å²) in [6, 6.07) is 0. The molecule has 0 bridgehead atoms. The van der Waals surface area contributed by atoms with Gasteiger partial charge in [0.2, 0.25) is 0 Å². The molecule has 3 heteroatoms. The fourth-order valence-corrected chi connectivity index (χ4v) is 6.81. The van der Waals surface area contributed by atoms with Gasteiger partial charge in [0.25, 0.3) is 0 Å². The van der Waals surface area contributed by atoms with E-state index in [9.17, 15) is 9.90 Å². The molecule has 25 heavy (non-hydrogen) atoms. The smallest absolute Gasteiger partial charge is 0.302 e. The van der Waals surface area contributed by atoms with Gasteiger partial charge in [0.15, 0.2) is 0 Å². The molecule has 3 saturated carbocycles. The number of fused-ring (bicyclic) bond motifs is 3. The summed E-state index contributed by atoms with van der Waals surface area (Å²) < 4.78 is 5.77. The third-order valence-corrected chi connectivity index (χ3v) is 7.85. The zero-order chi connectivity index (χ0) is 18.6. The normalized spacial score (nSPS) is 47.2. The van der Waals surface area contributed by atoms with E-state index < -0.39 is 5.60 Å². The van der Waals surface area contributed by atoms with Gasteiger partial charge in [-0.2, -0.15) is 0 Å². The average molecular weight is 349 g/mol. The van der Waals surface area contributed by atoms with Gasteiger partial charge in [-0.15, -0.1) is 0 Å². The van der Waals surface area contributed by atoms with Crippen LogP contribution in [0.4, 0.5) is 0 Å². The van der Waals surface area contributed by atoms with Crippen molar-refractivity contribution in [3.8, 4) is 0 Å². The fraction of sp³-hybridized carbons (Fsp3) is 0.864. The predicted molar refractivity (Wildman–Crippen MR) is 99.9 cm³/mol. The summed E-state index contributed by atoms with van der Waals surface area (Å²) in [6.07, 6.45) is 5.88. The summed E-state index contributed by atoms with van der Waals surface area (Å²) in [4.78, 5) is 11.7. The minimum atomic E-state index is -0.712. The van der Waals surface area contributed by atoms with E-state index >= 15 is 0 Å². The van der Waals surface area contributed by atoms with Crippen LogP contribution < -0.4 is 0 Å². The third kappa shape index (κ3) is 3.07. The van der Waals surface area contributed by atoms with Gasteiger partial charge >= 0.3 is 5.97 Å². The molecule has 3 aliphatic rings. The van der Waals surface area contributed by atoms with Crippen molar-refractivity contribution in [1.82, 2.24) is 0 Å². The molecule has 0 amide bonds. The monoisotopic (exact) mass is 348 g/mol. The molecule has 0 saturated heterocycles. The summed E-state index contributed by atoms with van der Waals surface area (Å²) in [5.41, 5.74) is 0.453. The zero-order valence-corrected chi connectivity index (χ0v) is 16.7. The molecule has 0 aromatic rings. The Balaban J connectivity index is 2.01. The van der Waals surface area contributed by atoms with E-state index in [1.54, 1.807) is 0 Å². The van der Waals surface area contributed by atoms with Crippen molar-refractivity contribution in [2.75, 3.05) is 0 Å². The van der Waals surface area contributed by atoms with Crippen molar-refractivity contribution >= 4 is 5.97 Å². The van der Waals surface area contributed by atoms with E-state index in [2.05, 4.69) is 27.4 Å². The van der Waals surface area contributed by atoms with Gasteiger partial charge < -0.3 is 9.84 Å². The first-order chi connectivity index (χ1) is 11.6. The van der Waals surface area contributed by atoms with Gasteiger partial charge in [0.1, 0.15) is 6.10 Å². The maximum Gasteiger partial charge on any atom is 0.302 e. The first kappa shape index (κ1) is 18.9. The molecule has 0 aliphatic heterocycles. The van der Waals surface area contributed by atoms with Gasteiger partial charge in [-0.3, -0.25) is 4.79 Å². The minimum absolute atomic E-state index is 0.0802. The van der Waals surface area contributed by atoms with E-state index in [1.807, 2.05) is 6.92 Å². The molecule has 7 atom stereocenters. The maximum absolute atomic E-state index is 11.7. The van der Waals surface area contributed by atoms with Crippen molar-refractivity contribution in [3.05, 3.63) is 12.2 Å². The zero-order valence-electron chi connectivity index (χ0n) is 16.7. The van der Waals surface area contributed by atoms with E-state index in [-0.39, 0.29) is 23.4 Å². The summed E-state index contributed by atoms with van der Waals surface area (Å²) >= 11 is 0. The Kier molecular flexibility index (Phi) is 4.85. The van der Waals surface area contributed by atoms with Crippen LogP contribution in [0, 0.1) is 35.0 Å². The van der Waals surface area contributed by atoms with Crippen LogP contribution in [-0.4, -0.2) is 22.8 Å². The van der Waals surface area contributed by atoms with Crippen LogP contribution >= 0.6 is 0 Å². The Morgan fingerprint density at radius 3 is 2.52 bits per heavy atom. The van der Waals surface area contributed by atoms with Crippen molar-refractivity contribution in [2.24, 2.45) is 35.0 Å². The van der Waals surface area contributed by atoms with Crippen LogP contribution in [0.15, 0.2) is 12.2 Å². The molecule has 0 unspecified atom stereocenters. The van der Waals surface area contributed by atoms with E-state index in [0.29, 0.717) is 30.1 Å². The Labute approximate surface area is 153 Å². The molecule has 0 aromatic carbocycles. The third-order valence-electron chi connectivity index (χ3n) is 7.85. The van der Waals surface area contributed by atoms with Gasteiger partial charge in [-0.05, 0) is 69.1 Å².